The smallest absolute Gasteiger partial charge is 0.350 e. The number of benzene rings is 2. The lowest BCUT2D eigenvalue weighted by Gasteiger charge is -2.08. The van der Waals surface area contributed by atoms with Gasteiger partial charge in [0.1, 0.15) is 10.6 Å². The second kappa shape index (κ2) is 9.01. The Balaban J connectivity index is 1.59. The second-order valence-corrected chi connectivity index (χ2v) is 7.97. The zero-order valence-corrected chi connectivity index (χ0v) is 17.6. The molecule has 0 aliphatic carbocycles. The third kappa shape index (κ3) is 4.70. The number of esters is 1. The number of rotatable bonds is 6. The molecule has 3 aromatic rings. The predicted molar refractivity (Wildman–Crippen MR) is 112 cm³/mol. The van der Waals surface area contributed by atoms with E-state index in [4.69, 9.17) is 44.3 Å². The Hall–Kier alpha value is -1.99. The quantitative estimate of drug-likeness (QED) is 0.506. The number of methoxy groups -OCH3 is 1. The fourth-order valence-electron chi connectivity index (χ4n) is 2.41. The Morgan fingerprint density at radius 3 is 2.61 bits per heavy atom. The van der Waals surface area contributed by atoms with Gasteiger partial charge in [0.15, 0.2) is 6.61 Å². The van der Waals surface area contributed by atoms with Crippen LogP contribution in [0.5, 0.6) is 5.75 Å². The molecule has 0 bridgehead atoms. The minimum Gasteiger partial charge on any atom is -0.497 e. The zero-order valence-electron chi connectivity index (χ0n) is 14.6. The van der Waals surface area contributed by atoms with Crippen LogP contribution in [0.3, 0.4) is 0 Å². The first-order valence-electron chi connectivity index (χ1n) is 8.03. The van der Waals surface area contributed by atoms with Gasteiger partial charge in [0.05, 0.1) is 12.1 Å². The first-order valence-corrected chi connectivity index (χ1v) is 9.98. The van der Waals surface area contributed by atoms with Gasteiger partial charge in [-0.05, 0) is 35.9 Å². The van der Waals surface area contributed by atoms with Crippen molar-refractivity contribution in [3.8, 4) is 5.75 Å². The number of ether oxygens (including phenoxy) is 2. The van der Waals surface area contributed by atoms with E-state index in [0.717, 1.165) is 10.1 Å². The maximum atomic E-state index is 12.3. The fourth-order valence-corrected chi connectivity index (χ4v) is 4.32. The number of amides is 1. The summed E-state index contributed by atoms with van der Waals surface area (Å²) >= 11 is 19.3. The van der Waals surface area contributed by atoms with Crippen molar-refractivity contribution in [3.05, 3.63) is 61.9 Å². The Kier molecular flexibility index (Phi) is 6.67. The molecule has 3 rings (SSSR count). The number of halogens is 3. The van der Waals surface area contributed by atoms with Crippen LogP contribution in [-0.2, 0) is 16.1 Å². The van der Waals surface area contributed by atoms with Crippen molar-refractivity contribution in [2.24, 2.45) is 0 Å². The van der Waals surface area contributed by atoms with Crippen molar-refractivity contribution >= 4 is 68.1 Å². The Morgan fingerprint density at radius 1 is 1.11 bits per heavy atom. The number of hydrogen-bond donors (Lipinski definition) is 1. The van der Waals surface area contributed by atoms with Crippen LogP contribution in [0.2, 0.25) is 15.1 Å². The van der Waals surface area contributed by atoms with Gasteiger partial charge in [0.2, 0.25) is 0 Å². The second-order valence-electron chi connectivity index (χ2n) is 5.70. The predicted octanol–water partition coefficient (Wildman–Crippen LogP) is 5.34. The molecule has 0 saturated heterocycles. The average molecular weight is 459 g/mol. The Morgan fingerprint density at radius 2 is 1.89 bits per heavy atom. The van der Waals surface area contributed by atoms with Gasteiger partial charge in [-0.15, -0.1) is 11.3 Å². The highest BCUT2D eigenvalue weighted by atomic mass is 35.5. The van der Waals surface area contributed by atoms with Crippen LogP contribution in [0, 0.1) is 0 Å². The van der Waals surface area contributed by atoms with Gasteiger partial charge in [0.25, 0.3) is 5.91 Å². The van der Waals surface area contributed by atoms with Crippen LogP contribution < -0.4 is 10.1 Å². The summed E-state index contributed by atoms with van der Waals surface area (Å²) in [7, 11) is 1.56. The monoisotopic (exact) mass is 457 g/mol. The van der Waals surface area contributed by atoms with Crippen LogP contribution in [-0.4, -0.2) is 25.6 Å². The highest BCUT2D eigenvalue weighted by molar-refractivity contribution is 7.21. The van der Waals surface area contributed by atoms with Crippen molar-refractivity contribution in [2.45, 2.75) is 6.54 Å². The number of carbonyl (C=O) groups excluding carboxylic acids is 2. The minimum atomic E-state index is -0.662. The molecule has 5 nitrogen and oxygen atoms in total. The standard InChI is InChI=1S/C19H14Cl3NO4S/c1-26-12-4-5-13-15(7-12)28-18(17(13)22)19(25)27-9-16(24)23-8-10-2-3-11(20)6-14(10)21/h2-7H,8-9H2,1H3,(H,23,24). The molecule has 1 heterocycles. The Bertz CT molecular complexity index is 1050. The molecule has 28 heavy (non-hydrogen) atoms. The molecule has 0 saturated carbocycles. The molecule has 0 aliphatic rings. The summed E-state index contributed by atoms with van der Waals surface area (Å²) in [4.78, 5) is 24.5. The molecule has 9 heteroatoms. The molecule has 0 fully saturated rings. The third-order valence-electron chi connectivity index (χ3n) is 3.85. The molecule has 2 aromatic carbocycles. The number of carbonyl (C=O) groups is 2. The molecule has 0 aliphatic heterocycles. The lowest BCUT2D eigenvalue weighted by Crippen LogP contribution is -2.28. The molecular weight excluding hydrogens is 445 g/mol. The maximum absolute atomic E-state index is 12.3. The van der Waals surface area contributed by atoms with Crippen molar-refractivity contribution < 1.29 is 19.1 Å². The average Bonchev–Trinajstić information content (AvgIpc) is 3.01. The molecule has 0 spiro atoms. The van der Waals surface area contributed by atoms with E-state index in [-0.39, 0.29) is 11.4 Å². The highest BCUT2D eigenvalue weighted by Gasteiger charge is 2.20. The molecule has 0 radical (unpaired) electrons. The summed E-state index contributed by atoms with van der Waals surface area (Å²) in [6, 6.07) is 10.3. The van der Waals surface area contributed by atoms with Crippen molar-refractivity contribution in [1.29, 1.82) is 0 Å². The molecular formula is C19H14Cl3NO4S. The van der Waals surface area contributed by atoms with Gasteiger partial charge in [-0.25, -0.2) is 4.79 Å². The van der Waals surface area contributed by atoms with Crippen LogP contribution in [0.1, 0.15) is 15.2 Å². The van der Waals surface area contributed by atoms with Gasteiger partial charge >= 0.3 is 5.97 Å². The molecule has 0 unspecified atom stereocenters. The lowest BCUT2D eigenvalue weighted by atomic mass is 10.2. The number of nitrogens with one attached hydrogen (secondary N) is 1. The summed E-state index contributed by atoms with van der Waals surface area (Å²) in [5.41, 5.74) is 0.701. The van der Waals surface area contributed by atoms with E-state index < -0.39 is 18.5 Å². The van der Waals surface area contributed by atoms with Crippen LogP contribution in [0.25, 0.3) is 10.1 Å². The summed E-state index contributed by atoms with van der Waals surface area (Å²) in [6.07, 6.45) is 0. The van der Waals surface area contributed by atoms with Crippen LogP contribution in [0.15, 0.2) is 36.4 Å². The van der Waals surface area contributed by atoms with E-state index in [1.807, 2.05) is 0 Å². The normalized spacial score (nSPS) is 10.7. The van der Waals surface area contributed by atoms with Gasteiger partial charge in [-0.2, -0.15) is 0 Å². The van der Waals surface area contributed by atoms with E-state index in [1.165, 1.54) is 11.3 Å². The summed E-state index contributed by atoms with van der Waals surface area (Å²) in [5, 5.41) is 4.60. The molecule has 1 aromatic heterocycles. The number of thiophene rings is 1. The van der Waals surface area contributed by atoms with Gasteiger partial charge in [0, 0.05) is 26.7 Å². The van der Waals surface area contributed by atoms with Crippen molar-refractivity contribution in [3.63, 3.8) is 0 Å². The van der Waals surface area contributed by atoms with Crippen molar-refractivity contribution in [1.82, 2.24) is 5.32 Å². The first-order chi connectivity index (χ1) is 13.4. The largest absolute Gasteiger partial charge is 0.497 e. The van der Waals surface area contributed by atoms with E-state index in [2.05, 4.69) is 5.32 Å². The molecule has 1 amide bonds. The fraction of sp³-hybridized carbons (Fsp3) is 0.158. The lowest BCUT2D eigenvalue weighted by molar-refractivity contribution is -0.124. The topological polar surface area (TPSA) is 64.6 Å². The number of fused-ring (bicyclic) bond motifs is 1. The minimum absolute atomic E-state index is 0.190. The van der Waals surface area contributed by atoms with E-state index >= 15 is 0 Å². The van der Waals surface area contributed by atoms with E-state index in [0.29, 0.717) is 26.4 Å². The zero-order chi connectivity index (χ0) is 20.3. The van der Waals surface area contributed by atoms with Gasteiger partial charge in [-0.3, -0.25) is 4.79 Å². The summed E-state index contributed by atoms with van der Waals surface area (Å²) < 4.78 is 11.0. The summed E-state index contributed by atoms with van der Waals surface area (Å²) in [5.74, 6) is -0.464. The van der Waals surface area contributed by atoms with Crippen LogP contribution in [0.4, 0.5) is 0 Å². The Labute approximate surface area is 180 Å². The molecule has 0 atom stereocenters. The van der Waals surface area contributed by atoms with Gasteiger partial charge in [-0.1, -0.05) is 40.9 Å². The van der Waals surface area contributed by atoms with Gasteiger partial charge < -0.3 is 14.8 Å². The van der Waals surface area contributed by atoms with Crippen molar-refractivity contribution in [2.75, 3.05) is 13.7 Å². The number of hydrogen-bond acceptors (Lipinski definition) is 5. The van der Waals surface area contributed by atoms with E-state index in [1.54, 1.807) is 43.5 Å². The molecule has 146 valence electrons. The van der Waals surface area contributed by atoms with Crippen LogP contribution >= 0.6 is 46.1 Å². The first kappa shape index (κ1) is 20.7. The summed E-state index contributed by atoms with van der Waals surface area (Å²) in [6.45, 7) is -0.242. The third-order valence-corrected chi connectivity index (χ3v) is 6.07. The highest BCUT2D eigenvalue weighted by Crippen LogP contribution is 2.37. The maximum Gasteiger partial charge on any atom is 0.350 e. The molecule has 1 N–H and O–H groups in total. The van der Waals surface area contributed by atoms with E-state index in [9.17, 15) is 9.59 Å². The SMILES string of the molecule is COc1ccc2c(Cl)c(C(=O)OCC(=O)NCc3ccc(Cl)cc3Cl)sc2c1.